The van der Waals surface area contributed by atoms with Crippen molar-refractivity contribution in [3.63, 3.8) is 0 Å². The van der Waals surface area contributed by atoms with Crippen LogP contribution in [0.15, 0.2) is 18.7 Å². The molecule has 10 heavy (non-hydrogen) atoms. The minimum Gasteiger partial charge on any atom is -0.351 e. The van der Waals surface area contributed by atoms with Gasteiger partial charge in [0.25, 0.3) is 0 Å². The third kappa shape index (κ3) is 7.17. The molecular formula is C7H15N3. The zero-order chi connectivity index (χ0) is 7.66. The van der Waals surface area contributed by atoms with Crippen molar-refractivity contribution in [2.75, 3.05) is 6.54 Å². The summed E-state index contributed by atoms with van der Waals surface area (Å²) in [4.78, 5) is 6.42. The van der Waals surface area contributed by atoms with Gasteiger partial charge in [-0.3, -0.25) is 0 Å². The maximum atomic E-state index is 5.14. The molecule has 3 N–H and O–H groups in total. The van der Waals surface area contributed by atoms with E-state index in [0.717, 1.165) is 6.54 Å². The molecule has 0 atom stereocenters. The summed E-state index contributed by atoms with van der Waals surface area (Å²) in [5.41, 5.74) is 5.14. The lowest BCUT2D eigenvalue weighted by Gasteiger charge is -1.80. The predicted molar refractivity (Wildman–Crippen MR) is 42.6 cm³/mol. The quantitative estimate of drug-likeness (QED) is 0.649. The summed E-state index contributed by atoms with van der Waals surface area (Å²) < 4.78 is 0. The average molecular weight is 141 g/mol. The first kappa shape index (κ1) is 9.17. The van der Waals surface area contributed by atoms with Crippen LogP contribution < -0.4 is 5.73 Å². The highest BCUT2D eigenvalue weighted by Crippen LogP contribution is 1.77. The number of imidazole rings is 1. The molecule has 1 aromatic rings. The summed E-state index contributed by atoms with van der Waals surface area (Å²) in [5, 5.41) is 0. The van der Waals surface area contributed by atoms with Gasteiger partial charge >= 0.3 is 0 Å². The van der Waals surface area contributed by atoms with Crippen molar-refractivity contribution in [2.24, 2.45) is 5.73 Å². The summed E-state index contributed by atoms with van der Waals surface area (Å²) in [6.07, 6.45) is 7.47. The number of aromatic nitrogens is 2. The van der Waals surface area contributed by atoms with Gasteiger partial charge in [-0.25, -0.2) is 4.98 Å². The number of hydrogen-bond acceptors (Lipinski definition) is 2. The van der Waals surface area contributed by atoms with Crippen molar-refractivity contribution < 1.29 is 0 Å². The number of nitrogens with two attached hydrogens (primary N) is 1. The lowest BCUT2D eigenvalue weighted by Crippen LogP contribution is -1.95. The van der Waals surface area contributed by atoms with E-state index >= 15 is 0 Å². The van der Waals surface area contributed by atoms with Crippen molar-refractivity contribution in [1.82, 2.24) is 9.97 Å². The fourth-order valence-corrected chi connectivity index (χ4v) is 0.419. The molecule has 3 nitrogen and oxygen atoms in total. The number of hydrogen-bond donors (Lipinski definition) is 2. The van der Waals surface area contributed by atoms with E-state index in [9.17, 15) is 0 Å². The van der Waals surface area contributed by atoms with E-state index in [1.165, 1.54) is 12.8 Å². The van der Waals surface area contributed by atoms with Crippen LogP contribution >= 0.6 is 0 Å². The van der Waals surface area contributed by atoms with Crippen LogP contribution in [0.3, 0.4) is 0 Å². The number of nitrogens with one attached hydrogen (secondary N) is 1. The Balaban J connectivity index is 0.000000162. The zero-order valence-electron chi connectivity index (χ0n) is 6.38. The van der Waals surface area contributed by atoms with Gasteiger partial charge in [-0.1, -0.05) is 13.3 Å². The monoisotopic (exact) mass is 141 g/mol. The fourth-order valence-electron chi connectivity index (χ4n) is 0.419. The molecule has 0 unspecified atom stereocenters. The minimum atomic E-state index is 0.844. The van der Waals surface area contributed by atoms with Gasteiger partial charge in [0.2, 0.25) is 0 Å². The number of unbranched alkanes of at least 4 members (excludes halogenated alkanes) is 1. The van der Waals surface area contributed by atoms with Crippen LogP contribution in [0.4, 0.5) is 0 Å². The second-order valence-electron chi connectivity index (χ2n) is 1.90. The Hall–Kier alpha value is -0.830. The van der Waals surface area contributed by atoms with Crippen LogP contribution in [0, 0.1) is 0 Å². The van der Waals surface area contributed by atoms with Crippen molar-refractivity contribution in [3.8, 4) is 0 Å². The number of nitrogens with zero attached hydrogens (tertiary/aromatic N) is 1. The maximum absolute atomic E-state index is 5.14. The fraction of sp³-hybridized carbons (Fsp3) is 0.571. The topological polar surface area (TPSA) is 54.7 Å². The molecule has 0 aromatic carbocycles. The molecular weight excluding hydrogens is 126 g/mol. The molecule has 58 valence electrons. The van der Waals surface area contributed by atoms with Gasteiger partial charge in [-0.05, 0) is 13.0 Å². The Kier molecular flexibility index (Phi) is 7.49. The van der Waals surface area contributed by atoms with Crippen LogP contribution in [-0.4, -0.2) is 16.5 Å². The van der Waals surface area contributed by atoms with E-state index in [1.54, 1.807) is 18.7 Å². The lowest BCUT2D eigenvalue weighted by atomic mass is 10.3. The van der Waals surface area contributed by atoms with E-state index in [0.29, 0.717) is 0 Å². The standard InChI is InChI=1S/C4H11N.C3H4N2/c1-2-3-4-5;1-2-5-3-4-1/h2-5H2,1H3;1-3H,(H,4,5). The van der Waals surface area contributed by atoms with Crippen molar-refractivity contribution in [3.05, 3.63) is 18.7 Å². The summed E-state index contributed by atoms with van der Waals surface area (Å²) in [7, 11) is 0. The highest BCUT2D eigenvalue weighted by atomic mass is 14.8. The summed E-state index contributed by atoms with van der Waals surface area (Å²) in [6.45, 7) is 2.98. The van der Waals surface area contributed by atoms with Gasteiger partial charge in [0, 0.05) is 12.4 Å². The van der Waals surface area contributed by atoms with Gasteiger partial charge < -0.3 is 10.7 Å². The first-order chi connectivity index (χ1) is 4.91. The molecule has 0 aliphatic heterocycles. The van der Waals surface area contributed by atoms with Crippen molar-refractivity contribution in [2.45, 2.75) is 19.8 Å². The average Bonchev–Trinajstić information content (AvgIpc) is 2.44. The van der Waals surface area contributed by atoms with Crippen LogP contribution in [0.2, 0.25) is 0 Å². The molecule has 0 spiro atoms. The minimum absolute atomic E-state index is 0.844. The molecule has 0 saturated heterocycles. The molecule has 0 bridgehead atoms. The molecule has 1 rings (SSSR count). The molecule has 0 aliphatic carbocycles. The number of aromatic amines is 1. The zero-order valence-corrected chi connectivity index (χ0v) is 6.38. The van der Waals surface area contributed by atoms with E-state index in [4.69, 9.17) is 5.73 Å². The SMILES string of the molecule is CCCCN.c1c[nH]cn1. The summed E-state index contributed by atoms with van der Waals surface area (Å²) >= 11 is 0. The molecule has 0 saturated carbocycles. The Morgan fingerprint density at radius 3 is 2.50 bits per heavy atom. The molecule has 0 radical (unpaired) electrons. The van der Waals surface area contributed by atoms with Crippen molar-refractivity contribution >= 4 is 0 Å². The van der Waals surface area contributed by atoms with Gasteiger partial charge in [0.05, 0.1) is 6.33 Å². The largest absolute Gasteiger partial charge is 0.351 e. The molecule has 1 heterocycles. The number of H-pyrrole nitrogens is 1. The summed E-state index contributed by atoms with van der Waals surface area (Å²) in [5.74, 6) is 0. The lowest BCUT2D eigenvalue weighted by molar-refractivity contribution is 0.807. The van der Waals surface area contributed by atoms with Gasteiger partial charge in [0.1, 0.15) is 0 Å². The van der Waals surface area contributed by atoms with Gasteiger partial charge in [-0.2, -0.15) is 0 Å². The molecule has 1 aromatic heterocycles. The summed E-state index contributed by atoms with van der Waals surface area (Å²) in [6, 6.07) is 0. The highest BCUT2D eigenvalue weighted by Gasteiger charge is 1.67. The predicted octanol–water partition coefficient (Wildman–Crippen LogP) is 1.15. The van der Waals surface area contributed by atoms with Crippen molar-refractivity contribution in [1.29, 1.82) is 0 Å². The Morgan fingerprint density at radius 2 is 2.40 bits per heavy atom. The molecule has 3 heteroatoms. The van der Waals surface area contributed by atoms with Crippen LogP contribution in [0.1, 0.15) is 19.8 Å². The first-order valence-corrected chi connectivity index (χ1v) is 3.54. The Labute approximate surface area is 61.7 Å². The van der Waals surface area contributed by atoms with Crippen LogP contribution in [0.5, 0.6) is 0 Å². The Bertz CT molecular complexity index is 95.2. The highest BCUT2D eigenvalue weighted by molar-refractivity contribution is 4.64. The van der Waals surface area contributed by atoms with E-state index in [2.05, 4.69) is 16.9 Å². The second-order valence-corrected chi connectivity index (χ2v) is 1.90. The van der Waals surface area contributed by atoms with Crippen LogP contribution in [-0.2, 0) is 0 Å². The molecule has 0 fully saturated rings. The normalized spacial score (nSPS) is 8.20. The van der Waals surface area contributed by atoms with E-state index in [-0.39, 0.29) is 0 Å². The second kappa shape index (κ2) is 8.17. The van der Waals surface area contributed by atoms with Gasteiger partial charge in [0.15, 0.2) is 0 Å². The number of rotatable bonds is 2. The van der Waals surface area contributed by atoms with Crippen LogP contribution in [0.25, 0.3) is 0 Å². The molecule has 0 amide bonds. The smallest absolute Gasteiger partial charge is 0.0919 e. The third-order valence-corrected chi connectivity index (χ3v) is 0.964. The van der Waals surface area contributed by atoms with E-state index in [1.807, 2.05) is 0 Å². The Morgan fingerprint density at radius 1 is 1.60 bits per heavy atom. The van der Waals surface area contributed by atoms with Gasteiger partial charge in [-0.15, -0.1) is 0 Å². The first-order valence-electron chi connectivity index (χ1n) is 3.54. The third-order valence-electron chi connectivity index (χ3n) is 0.964. The molecule has 0 aliphatic rings. The van der Waals surface area contributed by atoms with E-state index < -0.39 is 0 Å². The maximum Gasteiger partial charge on any atom is 0.0919 e.